The molecule has 82 valence electrons. The predicted molar refractivity (Wildman–Crippen MR) is 51.2 cm³/mol. The lowest BCUT2D eigenvalue weighted by Crippen LogP contribution is -2.42. The molecule has 0 aromatic heterocycles. The molecule has 1 aliphatic carbocycles. The third kappa shape index (κ3) is 1.66. The second kappa shape index (κ2) is 3.86. The Bertz CT molecular complexity index is 355. The molecule has 0 aromatic rings. The summed E-state index contributed by atoms with van der Waals surface area (Å²) < 4.78 is 0. The van der Waals surface area contributed by atoms with Crippen LogP contribution in [0, 0.1) is 11.3 Å². The maximum atomic E-state index is 11.1. The van der Waals surface area contributed by atoms with Crippen molar-refractivity contribution in [2.24, 2.45) is 11.3 Å². The SMILES string of the molecule is CC1C(C(=O)O)=CC=CC1(CO)C(=O)O. The number of aliphatic carboxylic acids is 2. The number of hydrogen-bond acceptors (Lipinski definition) is 3. The number of carboxylic acid groups (broad SMARTS) is 2. The molecule has 0 aliphatic heterocycles. The molecule has 0 saturated carbocycles. The van der Waals surface area contributed by atoms with Crippen LogP contribution in [-0.2, 0) is 9.59 Å². The summed E-state index contributed by atoms with van der Waals surface area (Å²) in [5.41, 5.74) is -1.53. The first-order valence-corrected chi connectivity index (χ1v) is 4.42. The molecular weight excluding hydrogens is 200 g/mol. The second-order valence-electron chi connectivity index (χ2n) is 3.51. The normalized spacial score (nSPS) is 29.7. The lowest BCUT2D eigenvalue weighted by molar-refractivity contribution is -0.150. The summed E-state index contributed by atoms with van der Waals surface area (Å²) >= 11 is 0. The maximum Gasteiger partial charge on any atom is 0.331 e. The highest BCUT2D eigenvalue weighted by molar-refractivity contribution is 5.91. The first kappa shape index (κ1) is 11.5. The molecule has 2 atom stereocenters. The van der Waals surface area contributed by atoms with Crippen LogP contribution in [0.3, 0.4) is 0 Å². The molecule has 1 aliphatic rings. The minimum Gasteiger partial charge on any atom is -0.481 e. The molecule has 1 rings (SSSR count). The van der Waals surface area contributed by atoms with Crippen LogP contribution in [0.25, 0.3) is 0 Å². The Morgan fingerprint density at radius 2 is 2.07 bits per heavy atom. The molecule has 0 amide bonds. The van der Waals surface area contributed by atoms with Crippen LogP contribution in [0.4, 0.5) is 0 Å². The number of allylic oxidation sites excluding steroid dienone is 2. The molecule has 0 spiro atoms. The Hall–Kier alpha value is -1.62. The van der Waals surface area contributed by atoms with Gasteiger partial charge in [0.2, 0.25) is 0 Å². The maximum absolute atomic E-state index is 11.1. The predicted octanol–water partition coefficient (Wildman–Crippen LogP) is 0.267. The molecule has 3 N–H and O–H groups in total. The minimum atomic E-state index is -1.53. The molecule has 0 radical (unpaired) electrons. The van der Waals surface area contributed by atoms with Crippen LogP contribution in [0.1, 0.15) is 6.92 Å². The van der Waals surface area contributed by atoms with E-state index in [0.717, 1.165) is 0 Å². The molecule has 0 heterocycles. The van der Waals surface area contributed by atoms with Gasteiger partial charge in [-0.25, -0.2) is 4.79 Å². The van der Waals surface area contributed by atoms with Gasteiger partial charge in [-0.2, -0.15) is 0 Å². The zero-order valence-corrected chi connectivity index (χ0v) is 8.17. The Labute approximate surface area is 86.3 Å². The van der Waals surface area contributed by atoms with Gasteiger partial charge < -0.3 is 15.3 Å². The van der Waals surface area contributed by atoms with E-state index in [1.807, 2.05) is 0 Å². The topological polar surface area (TPSA) is 94.8 Å². The Morgan fingerprint density at radius 3 is 2.47 bits per heavy atom. The van der Waals surface area contributed by atoms with E-state index < -0.39 is 29.9 Å². The van der Waals surface area contributed by atoms with Gasteiger partial charge in [0.05, 0.1) is 6.61 Å². The summed E-state index contributed by atoms with van der Waals surface area (Å²) in [6, 6.07) is 0. The van der Waals surface area contributed by atoms with Gasteiger partial charge in [-0.15, -0.1) is 0 Å². The van der Waals surface area contributed by atoms with E-state index in [9.17, 15) is 9.59 Å². The number of aliphatic hydroxyl groups is 1. The van der Waals surface area contributed by atoms with Crippen molar-refractivity contribution in [3.63, 3.8) is 0 Å². The van der Waals surface area contributed by atoms with Gasteiger partial charge in [0.25, 0.3) is 0 Å². The summed E-state index contributed by atoms with van der Waals surface area (Å²) in [6.45, 7) is 0.860. The highest BCUT2D eigenvalue weighted by Crippen LogP contribution is 2.37. The van der Waals surface area contributed by atoms with E-state index in [2.05, 4.69) is 0 Å². The third-order valence-corrected chi connectivity index (χ3v) is 2.82. The van der Waals surface area contributed by atoms with Crippen molar-refractivity contribution in [1.82, 2.24) is 0 Å². The smallest absolute Gasteiger partial charge is 0.331 e. The first-order valence-electron chi connectivity index (χ1n) is 4.42. The summed E-state index contributed by atoms with van der Waals surface area (Å²) in [4.78, 5) is 21.9. The fourth-order valence-electron chi connectivity index (χ4n) is 1.66. The zero-order chi connectivity index (χ0) is 11.6. The molecule has 0 aromatic carbocycles. The number of aliphatic hydroxyl groups excluding tert-OH is 1. The summed E-state index contributed by atoms with van der Waals surface area (Å²) in [5.74, 6) is -3.14. The largest absolute Gasteiger partial charge is 0.481 e. The molecule has 2 unspecified atom stereocenters. The van der Waals surface area contributed by atoms with E-state index in [1.165, 1.54) is 25.2 Å². The lowest BCUT2D eigenvalue weighted by Gasteiger charge is -2.32. The van der Waals surface area contributed by atoms with E-state index in [4.69, 9.17) is 15.3 Å². The van der Waals surface area contributed by atoms with Crippen molar-refractivity contribution < 1.29 is 24.9 Å². The average Bonchev–Trinajstić information content (AvgIpc) is 2.17. The van der Waals surface area contributed by atoms with Crippen LogP contribution < -0.4 is 0 Å². The molecule has 0 bridgehead atoms. The van der Waals surface area contributed by atoms with Crippen molar-refractivity contribution in [2.45, 2.75) is 6.92 Å². The van der Waals surface area contributed by atoms with Crippen molar-refractivity contribution in [2.75, 3.05) is 6.61 Å². The summed E-state index contributed by atoms with van der Waals surface area (Å²) in [6.07, 6.45) is 4.03. The molecule has 5 heteroatoms. The van der Waals surface area contributed by atoms with Crippen molar-refractivity contribution in [1.29, 1.82) is 0 Å². The van der Waals surface area contributed by atoms with E-state index in [1.54, 1.807) is 0 Å². The summed E-state index contributed by atoms with van der Waals surface area (Å²) in [5, 5.41) is 27.0. The van der Waals surface area contributed by atoms with Gasteiger partial charge in [-0.3, -0.25) is 4.79 Å². The number of hydrogen-bond donors (Lipinski definition) is 3. The van der Waals surface area contributed by atoms with Crippen LogP contribution >= 0.6 is 0 Å². The standard InChI is InChI=1S/C10H12O5/c1-6-7(8(12)13)3-2-4-10(6,5-11)9(14)15/h2-4,6,11H,5H2,1H3,(H,12,13)(H,14,15). The Morgan fingerprint density at radius 1 is 1.47 bits per heavy atom. The van der Waals surface area contributed by atoms with Crippen LogP contribution in [0.5, 0.6) is 0 Å². The van der Waals surface area contributed by atoms with E-state index in [-0.39, 0.29) is 5.57 Å². The quantitative estimate of drug-likeness (QED) is 0.624. The lowest BCUT2D eigenvalue weighted by atomic mass is 9.70. The monoisotopic (exact) mass is 212 g/mol. The van der Waals surface area contributed by atoms with E-state index >= 15 is 0 Å². The van der Waals surface area contributed by atoms with Crippen LogP contribution in [0.2, 0.25) is 0 Å². The van der Waals surface area contributed by atoms with Crippen molar-refractivity contribution >= 4 is 11.9 Å². The molecular formula is C10H12O5. The van der Waals surface area contributed by atoms with Crippen molar-refractivity contribution in [3.05, 3.63) is 23.8 Å². The van der Waals surface area contributed by atoms with Crippen LogP contribution in [-0.4, -0.2) is 33.9 Å². The molecule has 15 heavy (non-hydrogen) atoms. The van der Waals surface area contributed by atoms with Gasteiger partial charge >= 0.3 is 11.9 Å². The Balaban J connectivity index is 3.18. The highest BCUT2D eigenvalue weighted by atomic mass is 16.4. The van der Waals surface area contributed by atoms with Crippen molar-refractivity contribution in [3.8, 4) is 0 Å². The van der Waals surface area contributed by atoms with Gasteiger partial charge in [0, 0.05) is 11.5 Å². The third-order valence-electron chi connectivity index (χ3n) is 2.82. The fraction of sp³-hybridized carbons (Fsp3) is 0.400. The van der Waals surface area contributed by atoms with Gasteiger partial charge in [-0.1, -0.05) is 25.2 Å². The summed E-state index contributed by atoms with van der Waals surface area (Å²) in [7, 11) is 0. The Kier molecular flexibility index (Phi) is 2.95. The zero-order valence-electron chi connectivity index (χ0n) is 8.17. The first-order chi connectivity index (χ1) is 6.95. The molecule has 0 fully saturated rings. The molecule has 0 saturated heterocycles. The molecule has 5 nitrogen and oxygen atoms in total. The highest BCUT2D eigenvalue weighted by Gasteiger charge is 2.45. The second-order valence-corrected chi connectivity index (χ2v) is 3.51. The number of carboxylic acids is 2. The van der Waals surface area contributed by atoms with E-state index in [0.29, 0.717) is 0 Å². The average molecular weight is 212 g/mol. The van der Waals surface area contributed by atoms with Gasteiger partial charge in [0.15, 0.2) is 0 Å². The van der Waals surface area contributed by atoms with Crippen LogP contribution in [0.15, 0.2) is 23.8 Å². The minimum absolute atomic E-state index is 0.00560. The van der Waals surface area contributed by atoms with Gasteiger partial charge in [0.1, 0.15) is 5.41 Å². The number of carbonyl (C=O) groups is 2. The van der Waals surface area contributed by atoms with Gasteiger partial charge in [-0.05, 0) is 0 Å². The fourth-order valence-corrected chi connectivity index (χ4v) is 1.66. The number of rotatable bonds is 3.